The van der Waals surface area contributed by atoms with Crippen LogP contribution in [0.5, 0.6) is 11.5 Å². The van der Waals surface area contributed by atoms with Crippen molar-refractivity contribution < 1.29 is 17.9 Å². The Hall–Kier alpha value is -1.23. The van der Waals surface area contributed by atoms with E-state index in [9.17, 15) is 8.42 Å². The lowest BCUT2D eigenvalue weighted by Crippen LogP contribution is -2.39. The van der Waals surface area contributed by atoms with Gasteiger partial charge < -0.3 is 20.1 Å². The lowest BCUT2D eigenvalue weighted by molar-refractivity contribution is 0.354. The molecule has 0 unspecified atom stereocenters. The average Bonchev–Trinajstić information content (AvgIpc) is 2.59. The molecule has 7 nitrogen and oxygen atoms in total. The number of halogens is 1. The molecule has 0 atom stereocenters. The van der Waals surface area contributed by atoms with Gasteiger partial charge in [0.05, 0.1) is 26.5 Å². The predicted molar refractivity (Wildman–Crippen MR) is 112 cm³/mol. The molecular weight excluding hydrogens is 457 g/mol. The molecule has 1 rings (SSSR count). The smallest absolute Gasteiger partial charge is 0.191 e. The van der Waals surface area contributed by atoms with Crippen LogP contribution in [0.2, 0.25) is 0 Å². The highest BCUT2D eigenvalue weighted by atomic mass is 127. The van der Waals surface area contributed by atoms with Gasteiger partial charge in [-0.05, 0) is 24.6 Å². The maximum absolute atomic E-state index is 11.5. The lowest BCUT2D eigenvalue weighted by Gasteiger charge is -2.12. The maximum Gasteiger partial charge on any atom is 0.191 e. The quantitative estimate of drug-likeness (QED) is 0.315. The molecule has 1 aromatic rings. The first-order valence-corrected chi connectivity index (χ1v) is 9.71. The second kappa shape index (κ2) is 12.2. The molecule has 144 valence electrons. The Morgan fingerprint density at radius 1 is 1.12 bits per heavy atom. The van der Waals surface area contributed by atoms with E-state index in [0.29, 0.717) is 37.1 Å². The fourth-order valence-corrected chi connectivity index (χ4v) is 2.66. The summed E-state index contributed by atoms with van der Waals surface area (Å²) in [5, 5.41) is 6.13. The number of nitrogens with one attached hydrogen (secondary N) is 2. The summed E-state index contributed by atoms with van der Waals surface area (Å²) >= 11 is 0. The summed E-state index contributed by atoms with van der Waals surface area (Å²) in [6, 6.07) is 5.61. The molecular formula is C16H28IN3O4S. The third kappa shape index (κ3) is 8.61. The van der Waals surface area contributed by atoms with Crippen molar-refractivity contribution >= 4 is 39.8 Å². The Kier molecular flexibility index (Phi) is 11.6. The number of ether oxygens (including phenoxy) is 2. The summed E-state index contributed by atoms with van der Waals surface area (Å²) in [5.41, 5.74) is 0.964. The molecule has 0 aliphatic carbocycles. The van der Waals surface area contributed by atoms with Gasteiger partial charge in [-0.25, -0.2) is 13.4 Å². The Morgan fingerprint density at radius 2 is 1.80 bits per heavy atom. The highest BCUT2D eigenvalue weighted by Crippen LogP contribution is 2.27. The monoisotopic (exact) mass is 485 g/mol. The summed E-state index contributed by atoms with van der Waals surface area (Å²) in [4.78, 5) is 4.46. The van der Waals surface area contributed by atoms with Crippen molar-refractivity contribution in [3.63, 3.8) is 0 Å². The molecule has 0 amide bonds. The van der Waals surface area contributed by atoms with Crippen LogP contribution in [-0.4, -0.2) is 53.2 Å². The van der Waals surface area contributed by atoms with E-state index in [2.05, 4.69) is 15.6 Å². The first-order valence-electron chi connectivity index (χ1n) is 7.89. The molecule has 0 radical (unpaired) electrons. The summed E-state index contributed by atoms with van der Waals surface area (Å²) in [6.07, 6.45) is 0. The van der Waals surface area contributed by atoms with Crippen molar-refractivity contribution in [2.75, 3.05) is 38.8 Å². The topological polar surface area (TPSA) is 89.0 Å². The molecule has 2 N–H and O–H groups in total. The molecule has 25 heavy (non-hydrogen) atoms. The number of guanidine groups is 1. The summed E-state index contributed by atoms with van der Waals surface area (Å²) in [5.74, 6) is 2.13. The Bertz CT molecular complexity index is 651. The second-order valence-corrected chi connectivity index (χ2v) is 7.52. The van der Waals surface area contributed by atoms with Crippen LogP contribution < -0.4 is 20.1 Å². The standard InChI is InChI=1S/C16H27N3O4S.HI/c1-5-17-16(18-9-10-24(20,21)6-2)19-12-13-7-8-14(22-3)15(11-13)23-4;/h7-8,11H,5-6,9-10,12H2,1-4H3,(H2,17,18,19);1H. The molecule has 9 heteroatoms. The van der Waals surface area contributed by atoms with E-state index in [1.54, 1.807) is 21.1 Å². The van der Waals surface area contributed by atoms with Crippen LogP contribution in [0.4, 0.5) is 0 Å². The van der Waals surface area contributed by atoms with Crippen LogP contribution in [-0.2, 0) is 16.4 Å². The largest absolute Gasteiger partial charge is 0.493 e. The number of hydrogen-bond donors (Lipinski definition) is 2. The highest BCUT2D eigenvalue weighted by Gasteiger charge is 2.08. The molecule has 0 aliphatic heterocycles. The van der Waals surface area contributed by atoms with Crippen molar-refractivity contribution in [2.24, 2.45) is 4.99 Å². The normalized spacial score (nSPS) is 11.4. The maximum atomic E-state index is 11.5. The highest BCUT2D eigenvalue weighted by molar-refractivity contribution is 14.0. The minimum atomic E-state index is -2.99. The van der Waals surface area contributed by atoms with Gasteiger partial charge in [0.15, 0.2) is 27.3 Å². The van der Waals surface area contributed by atoms with Crippen molar-refractivity contribution in [1.29, 1.82) is 0 Å². The van der Waals surface area contributed by atoms with Crippen LogP contribution in [0, 0.1) is 0 Å². The second-order valence-electron chi connectivity index (χ2n) is 5.05. The van der Waals surface area contributed by atoms with E-state index in [0.717, 1.165) is 5.56 Å². The van der Waals surface area contributed by atoms with Gasteiger partial charge in [-0.15, -0.1) is 24.0 Å². The van der Waals surface area contributed by atoms with Gasteiger partial charge >= 0.3 is 0 Å². The zero-order valence-electron chi connectivity index (χ0n) is 15.2. The number of sulfone groups is 1. The van der Waals surface area contributed by atoms with E-state index in [1.807, 2.05) is 25.1 Å². The van der Waals surface area contributed by atoms with E-state index >= 15 is 0 Å². The molecule has 0 spiro atoms. The summed E-state index contributed by atoms with van der Waals surface area (Å²) < 4.78 is 33.5. The van der Waals surface area contributed by atoms with E-state index in [-0.39, 0.29) is 35.5 Å². The van der Waals surface area contributed by atoms with Gasteiger partial charge in [0.25, 0.3) is 0 Å². The Labute approximate surface area is 167 Å². The number of aliphatic imine (C=N–C) groups is 1. The number of benzene rings is 1. The van der Waals surface area contributed by atoms with Crippen molar-refractivity contribution in [2.45, 2.75) is 20.4 Å². The Morgan fingerprint density at radius 3 is 2.36 bits per heavy atom. The number of hydrogen-bond acceptors (Lipinski definition) is 5. The zero-order chi connectivity index (χ0) is 18.0. The predicted octanol–water partition coefficient (Wildman–Crippen LogP) is 1.81. The van der Waals surface area contributed by atoms with Crippen LogP contribution >= 0.6 is 24.0 Å². The fraction of sp³-hybridized carbons (Fsp3) is 0.562. The molecule has 0 heterocycles. The van der Waals surface area contributed by atoms with Crippen LogP contribution in [0.25, 0.3) is 0 Å². The minimum absolute atomic E-state index is 0. The van der Waals surface area contributed by atoms with Crippen molar-refractivity contribution in [3.05, 3.63) is 23.8 Å². The molecule has 0 saturated carbocycles. The van der Waals surface area contributed by atoms with Gasteiger partial charge in [-0.3, -0.25) is 0 Å². The van der Waals surface area contributed by atoms with Gasteiger partial charge in [0.2, 0.25) is 0 Å². The number of nitrogens with zero attached hydrogens (tertiary/aromatic N) is 1. The first kappa shape index (κ1) is 23.8. The van der Waals surface area contributed by atoms with Gasteiger partial charge in [0.1, 0.15) is 0 Å². The van der Waals surface area contributed by atoms with Gasteiger partial charge in [0, 0.05) is 18.8 Å². The zero-order valence-corrected chi connectivity index (χ0v) is 18.3. The van der Waals surface area contributed by atoms with Gasteiger partial charge in [-0.2, -0.15) is 0 Å². The van der Waals surface area contributed by atoms with E-state index in [4.69, 9.17) is 9.47 Å². The third-order valence-corrected chi connectivity index (χ3v) is 5.06. The molecule has 0 aliphatic rings. The van der Waals surface area contributed by atoms with Crippen LogP contribution in [0.1, 0.15) is 19.4 Å². The third-order valence-electron chi connectivity index (χ3n) is 3.36. The molecule has 1 aromatic carbocycles. The first-order chi connectivity index (χ1) is 11.5. The molecule has 0 bridgehead atoms. The molecule has 0 fully saturated rings. The average molecular weight is 485 g/mol. The Balaban J connectivity index is 0.00000576. The van der Waals surface area contributed by atoms with Gasteiger partial charge in [-0.1, -0.05) is 13.0 Å². The lowest BCUT2D eigenvalue weighted by atomic mass is 10.2. The summed E-state index contributed by atoms with van der Waals surface area (Å²) in [7, 11) is 0.189. The number of methoxy groups -OCH3 is 2. The van der Waals surface area contributed by atoms with Crippen LogP contribution in [0.3, 0.4) is 0 Å². The fourth-order valence-electron chi connectivity index (χ4n) is 1.96. The van der Waals surface area contributed by atoms with Crippen molar-refractivity contribution in [1.82, 2.24) is 10.6 Å². The molecule has 0 aromatic heterocycles. The summed E-state index contributed by atoms with van der Waals surface area (Å²) in [6.45, 7) is 5.06. The van der Waals surface area contributed by atoms with Crippen LogP contribution in [0.15, 0.2) is 23.2 Å². The number of rotatable bonds is 9. The van der Waals surface area contributed by atoms with Crippen molar-refractivity contribution in [3.8, 4) is 11.5 Å². The molecule has 0 saturated heterocycles. The van der Waals surface area contributed by atoms with E-state index in [1.165, 1.54) is 0 Å². The SMILES string of the molecule is CCNC(=NCc1ccc(OC)c(OC)c1)NCCS(=O)(=O)CC.I. The van der Waals surface area contributed by atoms with E-state index < -0.39 is 9.84 Å². The minimum Gasteiger partial charge on any atom is -0.493 e.